The molecule has 0 saturated heterocycles. The van der Waals surface area contributed by atoms with Crippen LogP contribution in [0.3, 0.4) is 0 Å². The van der Waals surface area contributed by atoms with E-state index < -0.39 is 17.2 Å². The van der Waals surface area contributed by atoms with Gasteiger partial charge in [-0.05, 0) is 37.1 Å². The van der Waals surface area contributed by atoms with Gasteiger partial charge in [0.1, 0.15) is 5.75 Å². The van der Waals surface area contributed by atoms with E-state index in [1.54, 1.807) is 24.3 Å². The largest absolute Gasteiger partial charge is 0.507 e. The quantitative estimate of drug-likeness (QED) is 0.681. The van der Waals surface area contributed by atoms with E-state index in [0.717, 1.165) is 37.9 Å². The van der Waals surface area contributed by atoms with Crippen LogP contribution >= 0.6 is 0 Å². The Hall–Kier alpha value is -3.09. The van der Waals surface area contributed by atoms with Gasteiger partial charge in [-0.1, -0.05) is 12.8 Å². The number of nitrogens with one attached hydrogen (secondary N) is 3. The fourth-order valence-corrected chi connectivity index (χ4v) is 2.88. The molecule has 0 bridgehead atoms. The normalized spacial score (nSPS) is 14.2. The summed E-state index contributed by atoms with van der Waals surface area (Å²) in [6.07, 6.45) is 5.47. The van der Waals surface area contributed by atoms with Gasteiger partial charge in [0.15, 0.2) is 0 Å². The molecule has 3 rings (SSSR count). The van der Waals surface area contributed by atoms with E-state index in [4.69, 9.17) is 0 Å². The Morgan fingerprint density at radius 1 is 1.08 bits per heavy atom. The molecule has 7 nitrogen and oxygen atoms in total. The second kappa shape index (κ2) is 7.21. The predicted molar refractivity (Wildman–Crippen MR) is 92.8 cm³/mol. The molecular formula is C18H19N3O4. The molecule has 1 aliphatic carbocycles. The lowest BCUT2D eigenvalue weighted by Crippen LogP contribution is -2.32. The highest BCUT2D eigenvalue weighted by molar-refractivity contribution is 6.06. The number of rotatable bonds is 4. The molecule has 1 saturated carbocycles. The first kappa shape index (κ1) is 16.8. The van der Waals surface area contributed by atoms with Gasteiger partial charge in [-0.15, -0.1) is 0 Å². The van der Waals surface area contributed by atoms with Gasteiger partial charge in [-0.25, -0.2) is 0 Å². The molecule has 1 aromatic heterocycles. The number of anilines is 1. The van der Waals surface area contributed by atoms with Crippen LogP contribution < -0.4 is 16.2 Å². The number of pyridine rings is 1. The van der Waals surface area contributed by atoms with Crippen LogP contribution in [0.25, 0.3) is 0 Å². The molecule has 2 aromatic rings. The third-order valence-corrected chi connectivity index (χ3v) is 4.24. The van der Waals surface area contributed by atoms with Crippen molar-refractivity contribution >= 4 is 17.5 Å². The molecule has 25 heavy (non-hydrogen) atoms. The molecule has 0 aliphatic heterocycles. The highest BCUT2D eigenvalue weighted by atomic mass is 16.3. The molecule has 1 aromatic carbocycles. The zero-order valence-corrected chi connectivity index (χ0v) is 13.5. The van der Waals surface area contributed by atoms with Crippen molar-refractivity contribution in [1.82, 2.24) is 10.3 Å². The number of H-pyrrole nitrogens is 1. The van der Waals surface area contributed by atoms with Crippen molar-refractivity contribution in [2.45, 2.75) is 31.7 Å². The van der Waals surface area contributed by atoms with E-state index in [9.17, 15) is 19.5 Å². The number of carbonyl (C=O) groups excluding carboxylic acids is 2. The van der Waals surface area contributed by atoms with Gasteiger partial charge in [0.25, 0.3) is 17.4 Å². The lowest BCUT2D eigenvalue weighted by Gasteiger charge is -2.12. The first-order valence-electron chi connectivity index (χ1n) is 8.17. The minimum atomic E-state index is -0.558. The maximum Gasteiger partial charge on any atom is 0.260 e. The summed E-state index contributed by atoms with van der Waals surface area (Å²) in [4.78, 5) is 37.7. The lowest BCUT2D eigenvalue weighted by molar-refractivity contribution is 0.0937. The number of amides is 2. The monoisotopic (exact) mass is 341 g/mol. The van der Waals surface area contributed by atoms with Crippen LogP contribution in [0.4, 0.5) is 5.69 Å². The molecule has 1 aliphatic rings. The number of aromatic hydroxyl groups is 1. The smallest absolute Gasteiger partial charge is 0.260 e. The Bertz CT molecular complexity index is 836. The Labute approximate surface area is 144 Å². The zero-order chi connectivity index (χ0) is 17.8. The lowest BCUT2D eigenvalue weighted by atomic mass is 10.1. The molecule has 1 fully saturated rings. The number of hydrogen-bond acceptors (Lipinski definition) is 4. The Morgan fingerprint density at radius 2 is 1.76 bits per heavy atom. The van der Waals surface area contributed by atoms with E-state index in [2.05, 4.69) is 15.6 Å². The van der Waals surface area contributed by atoms with E-state index in [1.807, 2.05) is 0 Å². The minimum absolute atomic E-state index is 0.0392. The van der Waals surface area contributed by atoms with E-state index in [1.165, 1.54) is 0 Å². The van der Waals surface area contributed by atoms with Crippen LogP contribution in [-0.4, -0.2) is 27.9 Å². The van der Waals surface area contributed by atoms with E-state index in [-0.39, 0.29) is 17.5 Å². The van der Waals surface area contributed by atoms with Crippen LogP contribution in [-0.2, 0) is 0 Å². The maximum atomic E-state index is 12.2. The van der Waals surface area contributed by atoms with Gasteiger partial charge in [0.2, 0.25) is 0 Å². The highest BCUT2D eigenvalue weighted by Crippen LogP contribution is 2.19. The van der Waals surface area contributed by atoms with E-state index >= 15 is 0 Å². The number of benzene rings is 1. The highest BCUT2D eigenvalue weighted by Gasteiger charge is 2.18. The summed E-state index contributed by atoms with van der Waals surface area (Å²) >= 11 is 0. The Kier molecular flexibility index (Phi) is 4.83. The van der Waals surface area contributed by atoms with Gasteiger partial charge >= 0.3 is 0 Å². The van der Waals surface area contributed by atoms with E-state index in [0.29, 0.717) is 11.3 Å². The Morgan fingerprint density at radius 3 is 2.40 bits per heavy atom. The molecule has 2 amide bonds. The summed E-state index contributed by atoms with van der Waals surface area (Å²) in [6, 6.07) is 7.68. The third-order valence-electron chi connectivity index (χ3n) is 4.24. The van der Waals surface area contributed by atoms with Crippen LogP contribution in [0, 0.1) is 0 Å². The average Bonchev–Trinajstić information content (AvgIpc) is 3.08. The molecule has 0 radical (unpaired) electrons. The number of carbonyl (C=O) groups is 2. The van der Waals surface area contributed by atoms with Gasteiger partial charge in [-0.3, -0.25) is 14.4 Å². The van der Waals surface area contributed by atoms with Crippen molar-refractivity contribution in [2.24, 2.45) is 0 Å². The number of aromatic amines is 1. The number of hydrogen-bond donors (Lipinski definition) is 4. The summed E-state index contributed by atoms with van der Waals surface area (Å²) in [5.41, 5.74) is 0.471. The molecule has 7 heteroatoms. The first-order chi connectivity index (χ1) is 12.0. The molecule has 0 unspecified atom stereocenters. The average molecular weight is 341 g/mol. The standard InChI is InChI=1S/C18H19N3O4/c22-15-9-16(23)19-10-14(15)18(25)21-13-7-5-11(6-8-13)17(24)20-12-3-1-2-4-12/h5-10,12H,1-4H2,(H,20,24)(H,21,25)(H2,19,22,23). The van der Waals surface area contributed by atoms with Crippen molar-refractivity contribution in [3.05, 3.63) is 58.0 Å². The summed E-state index contributed by atoms with van der Waals surface area (Å²) in [7, 11) is 0. The molecule has 4 N–H and O–H groups in total. The van der Waals surface area contributed by atoms with Gasteiger partial charge in [-0.2, -0.15) is 0 Å². The van der Waals surface area contributed by atoms with Crippen molar-refractivity contribution in [1.29, 1.82) is 0 Å². The summed E-state index contributed by atoms with van der Waals surface area (Å²) in [6.45, 7) is 0. The molecule has 0 spiro atoms. The zero-order valence-electron chi connectivity index (χ0n) is 13.5. The predicted octanol–water partition coefficient (Wildman–Crippen LogP) is 2.01. The van der Waals surface area contributed by atoms with Crippen LogP contribution in [0.5, 0.6) is 5.75 Å². The van der Waals surface area contributed by atoms with Gasteiger partial charge < -0.3 is 20.7 Å². The fourth-order valence-electron chi connectivity index (χ4n) is 2.88. The Balaban J connectivity index is 1.64. The minimum Gasteiger partial charge on any atom is -0.507 e. The molecule has 0 atom stereocenters. The molecule has 130 valence electrons. The number of aromatic nitrogens is 1. The second-order valence-electron chi connectivity index (χ2n) is 6.08. The van der Waals surface area contributed by atoms with Crippen molar-refractivity contribution < 1.29 is 14.7 Å². The fraction of sp³-hybridized carbons (Fsp3) is 0.278. The molecule has 1 heterocycles. The van der Waals surface area contributed by atoms with Crippen molar-refractivity contribution in [2.75, 3.05) is 5.32 Å². The topological polar surface area (TPSA) is 111 Å². The van der Waals surface area contributed by atoms with Crippen molar-refractivity contribution in [3.63, 3.8) is 0 Å². The van der Waals surface area contributed by atoms with Crippen LogP contribution in [0.2, 0.25) is 0 Å². The summed E-state index contributed by atoms with van der Waals surface area (Å²) < 4.78 is 0. The van der Waals surface area contributed by atoms with Gasteiger partial charge in [0.05, 0.1) is 5.56 Å². The van der Waals surface area contributed by atoms with Crippen LogP contribution in [0.1, 0.15) is 46.4 Å². The van der Waals surface area contributed by atoms with Gasteiger partial charge in [0, 0.05) is 29.6 Å². The summed E-state index contributed by atoms with van der Waals surface area (Å²) in [5, 5.41) is 15.3. The molecular weight excluding hydrogens is 322 g/mol. The summed E-state index contributed by atoms with van der Waals surface area (Å²) in [5.74, 6) is -1.08. The first-order valence-corrected chi connectivity index (χ1v) is 8.17. The maximum absolute atomic E-state index is 12.2. The van der Waals surface area contributed by atoms with Crippen LogP contribution in [0.15, 0.2) is 41.3 Å². The van der Waals surface area contributed by atoms with Crippen molar-refractivity contribution in [3.8, 4) is 5.75 Å². The second-order valence-corrected chi connectivity index (χ2v) is 6.08. The third kappa shape index (κ3) is 4.06. The SMILES string of the molecule is O=C(NC1CCCC1)c1ccc(NC(=O)c2c[nH]c(=O)cc2O)cc1.